The summed E-state index contributed by atoms with van der Waals surface area (Å²) in [7, 11) is 0. The molecule has 7 heteroatoms. The fraction of sp³-hybridized carbons (Fsp3) is 0.286. The van der Waals surface area contributed by atoms with E-state index >= 15 is 0 Å². The third-order valence-corrected chi connectivity index (χ3v) is 5.47. The smallest absolute Gasteiger partial charge is 0.253 e. The molecule has 0 saturated heterocycles. The highest BCUT2D eigenvalue weighted by atomic mass is 35.5. The lowest BCUT2D eigenvalue weighted by atomic mass is 10.1. The molecule has 28 heavy (non-hydrogen) atoms. The molecule has 1 aliphatic carbocycles. The number of rotatable bonds is 5. The number of carbonyl (C=O) groups excluding carboxylic acids is 1. The molecule has 1 fully saturated rings. The van der Waals surface area contributed by atoms with Crippen LogP contribution in [-0.2, 0) is 6.54 Å². The van der Waals surface area contributed by atoms with Gasteiger partial charge in [0.05, 0.1) is 34.8 Å². The Hall–Kier alpha value is -2.70. The van der Waals surface area contributed by atoms with Crippen molar-refractivity contribution in [1.82, 2.24) is 19.9 Å². The third-order valence-electron chi connectivity index (χ3n) is 5.14. The first-order valence-electron chi connectivity index (χ1n) is 9.26. The van der Waals surface area contributed by atoms with Crippen LogP contribution in [0.1, 0.15) is 23.2 Å². The Kier molecular flexibility index (Phi) is 5.41. The molecule has 2 aromatic heterocycles. The first-order chi connectivity index (χ1) is 13.6. The van der Waals surface area contributed by atoms with E-state index < -0.39 is 6.10 Å². The number of benzene rings is 1. The number of carbonyl (C=O) groups is 1. The molecule has 2 heterocycles. The molecule has 0 radical (unpaired) electrons. The molecular formula is C21H21ClN4O2. The predicted octanol–water partition coefficient (Wildman–Crippen LogP) is 3.17. The van der Waals surface area contributed by atoms with Crippen molar-refractivity contribution in [2.45, 2.75) is 31.5 Å². The molecule has 1 unspecified atom stereocenters. The molecule has 2 N–H and O–H groups in total. The maximum Gasteiger partial charge on any atom is 0.253 e. The molecule has 1 aliphatic rings. The van der Waals surface area contributed by atoms with Crippen molar-refractivity contribution >= 4 is 17.5 Å². The monoisotopic (exact) mass is 396 g/mol. The summed E-state index contributed by atoms with van der Waals surface area (Å²) in [6.45, 7) is 0.777. The van der Waals surface area contributed by atoms with E-state index in [1.807, 2.05) is 35.0 Å². The van der Waals surface area contributed by atoms with Crippen LogP contribution in [-0.4, -0.2) is 37.7 Å². The van der Waals surface area contributed by atoms with Crippen molar-refractivity contribution < 1.29 is 9.90 Å². The highest BCUT2D eigenvalue weighted by Crippen LogP contribution is 2.29. The van der Waals surface area contributed by atoms with Crippen LogP contribution in [0.4, 0.5) is 0 Å². The lowest BCUT2D eigenvalue weighted by Gasteiger charge is -2.17. The SMILES string of the molecule is O=C(N[C@@H]1CC(Cn2ccnc2)C[C@H]1O)c1cc(-c2ccccn2)ccc1Cl. The average Bonchev–Trinajstić information content (AvgIpc) is 3.33. The number of imidazole rings is 1. The van der Waals surface area contributed by atoms with Gasteiger partial charge in [-0.15, -0.1) is 0 Å². The first-order valence-corrected chi connectivity index (χ1v) is 9.63. The topological polar surface area (TPSA) is 80.0 Å². The predicted molar refractivity (Wildman–Crippen MR) is 107 cm³/mol. The second kappa shape index (κ2) is 8.12. The number of aromatic nitrogens is 3. The largest absolute Gasteiger partial charge is 0.391 e. The number of aliphatic hydroxyl groups excluding tert-OH is 1. The van der Waals surface area contributed by atoms with Gasteiger partial charge in [0.15, 0.2) is 0 Å². The Balaban J connectivity index is 1.46. The molecule has 0 aliphatic heterocycles. The molecule has 0 spiro atoms. The zero-order valence-electron chi connectivity index (χ0n) is 15.2. The number of amides is 1. The molecule has 3 atom stereocenters. The van der Waals surface area contributed by atoms with Crippen LogP contribution in [0, 0.1) is 5.92 Å². The van der Waals surface area contributed by atoms with Crippen LogP contribution in [0.5, 0.6) is 0 Å². The standard InChI is InChI=1S/C21H21ClN4O2/c22-17-5-4-15(18-3-1-2-6-24-18)11-16(17)21(28)25-19-9-14(10-20(19)27)12-26-8-7-23-13-26/h1-8,11,13-14,19-20,27H,9-10,12H2,(H,25,28)/t14?,19-,20-/m1/s1. The van der Waals surface area contributed by atoms with Gasteiger partial charge in [0.25, 0.3) is 5.91 Å². The fourth-order valence-corrected chi connectivity index (χ4v) is 3.96. The van der Waals surface area contributed by atoms with Gasteiger partial charge in [0.1, 0.15) is 0 Å². The minimum Gasteiger partial charge on any atom is -0.391 e. The maximum atomic E-state index is 12.8. The van der Waals surface area contributed by atoms with E-state index in [2.05, 4.69) is 15.3 Å². The molecule has 1 saturated carbocycles. The lowest BCUT2D eigenvalue weighted by Crippen LogP contribution is -2.40. The van der Waals surface area contributed by atoms with Gasteiger partial charge in [0.2, 0.25) is 0 Å². The molecule has 1 amide bonds. The summed E-state index contributed by atoms with van der Waals surface area (Å²) in [6.07, 6.45) is 7.89. The van der Waals surface area contributed by atoms with Crippen molar-refractivity contribution in [3.05, 3.63) is 71.9 Å². The van der Waals surface area contributed by atoms with Crippen molar-refractivity contribution in [2.24, 2.45) is 5.92 Å². The van der Waals surface area contributed by atoms with E-state index in [0.717, 1.165) is 17.8 Å². The first kappa shape index (κ1) is 18.7. The van der Waals surface area contributed by atoms with Crippen molar-refractivity contribution in [2.75, 3.05) is 0 Å². The highest BCUT2D eigenvalue weighted by Gasteiger charge is 2.34. The van der Waals surface area contributed by atoms with E-state index in [1.165, 1.54) is 0 Å². The maximum absolute atomic E-state index is 12.8. The van der Waals surface area contributed by atoms with Gasteiger partial charge < -0.3 is 15.0 Å². The summed E-state index contributed by atoms with van der Waals surface area (Å²) in [4.78, 5) is 21.2. The van der Waals surface area contributed by atoms with Gasteiger partial charge in [-0.05, 0) is 43.0 Å². The van der Waals surface area contributed by atoms with Crippen LogP contribution in [0.25, 0.3) is 11.3 Å². The minimum atomic E-state index is -0.574. The number of aliphatic hydroxyl groups is 1. The van der Waals surface area contributed by atoms with Gasteiger partial charge in [-0.1, -0.05) is 23.7 Å². The van der Waals surface area contributed by atoms with Crippen molar-refractivity contribution in [3.63, 3.8) is 0 Å². The molecule has 6 nitrogen and oxygen atoms in total. The van der Waals surface area contributed by atoms with Crippen LogP contribution >= 0.6 is 11.6 Å². The molecule has 4 rings (SSSR count). The third kappa shape index (κ3) is 4.08. The molecule has 144 valence electrons. The van der Waals surface area contributed by atoms with Gasteiger partial charge in [-0.25, -0.2) is 4.98 Å². The number of hydrogen-bond acceptors (Lipinski definition) is 4. The van der Waals surface area contributed by atoms with Crippen molar-refractivity contribution in [1.29, 1.82) is 0 Å². The van der Waals surface area contributed by atoms with E-state index in [-0.39, 0.29) is 17.9 Å². The Morgan fingerprint density at radius 2 is 2.14 bits per heavy atom. The van der Waals surface area contributed by atoms with Gasteiger partial charge in [-0.2, -0.15) is 0 Å². The summed E-state index contributed by atoms with van der Waals surface area (Å²) in [5.74, 6) is -0.0000583. The zero-order valence-corrected chi connectivity index (χ0v) is 16.0. The van der Waals surface area contributed by atoms with E-state index in [9.17, 15) is 9.90 Å². The number of hydrogen-bond donors (Lipinski definition) is 2. The normalized spacial score (nSPS) is 21.6. The van der Waals surface area contributed by atoms with Crippen LogP contribution < -0.4 is 5.32 Å². The quantitative estimate of drug-likeness (QED) is 0.694. The minimum absolute atomic E-state index is 0.282. The number of nitrogens with one attached hydrogen (secondary N) is 1. The van der Waals surface area contributed by atoms with E-state index in [0.29, 0.717) is 23.4 Å². The average molecular weight is 397 g/mol. The van der Waals surface area contributed by atoms with E-state index in [1.54, 1.807) is 30.9 Å². The molecule has 0 bridgehead atoms. The van der Waals surface area contributed by atoms with Gasteiger partial charge in [-0.3, -0.25) is 9.78 Å². The summed E-state index contributed by atoms with van der Waals surface area (Å²) < 4.78 is 1.99. The van der Waals surface area contributed by atoms with Crippen LogP contribution in [0.3, 0.4) is 0 Å². The summed E-state index contributed by atoms with van der Waals surface area (Å²) in [5, 5.41) is 13.7. The fourth-order valence-electron chi connectivity index (χ4n) is 3.75. The molecule has 1 aromatic carbocycles. The Labute approximate surface area is 168 Å². The number of nitrogens with zero attached hydrogens (tertiary/aromatic N) is 3. The Morgan fingerprint density at radius 1 is 1.25 bits per heavy atom. The van der Waals surface area contributed by atoms with Crippen molar-refractivity contribution in [3.8, 4) is 11.3 Å². The Morgan fingerprint density at radius 3 is 2.89 bits per heavy atom. The lowest BCUT2D eigenvalue weighted by molar-refractivity contribution is 0.0873. The molecule has 3 aromatic rings. The molecular weight excluding hydrogens is 376 g/mol. The van der Waals surface area contributed by atoms with Gasteiger partial charge >= 0.3 is 0 Å². The summed E-state index contributed by atoms with van der Waals surface area (Å²) in [5.41, 5.74) is 1.98. The zero-order chi connectivity index (χ0) is 19.5. The summed E-state index contributed by atoms with van der Waals surface area (Å²) >= 11 is 6.27. The number of halogens is 1. The second-order valence-electron chi connectivity index (χ2n) is 7.15. The summed E-state index contributed by atoms with van der Waals surface area (Å²) in [6, 6.07) is 10.6. The highest BCUT2D eigenvalue weighted by molar-refractivity contribution is 6.34. The number of pyridine rings is 1. The van der Waals surface area contributed by atoms with Crippen LogP contribution in [0.15, 0.2) is 61.3 Å². The second-order valence-corrected chi connectivity index (χ2v) is 7.56. The van der Waals surface area contributed by atoms with E-state index in [4.69, 9.17) is 11.6 Å². The van der Waals surface area contributed by atoms with Gasteiger partial charge in [0, 0.05) is 30.7 Å². The van der Waals surface area contributed by atoms with Crippen LogP contribution in [0.2, 0.25) is 5.02 Å². The Bertz CT molecular complexity index is 946.